The molecule has 0 radical (unpaired) electrons. The first-order valence-electron chi connectivity index (χ1n) is 7.35. The minimum atomic E-state index is 0.0175. The highest BCUT2D eigenvalue weighted by molar-refractivity contribution is 5.29. The molecule has 1 aromatic heterocycles. The predicted octanol–water partition coefficient (Wildman–Crippen LogP) is 0.105. The van der Waals surface area contributed by atoms with Crippen LogP contribution < -0.4 is 10.6 Å². The highest BCUT2D eigenvalue weighted by Gasteiger charge is 2.46. The number of hydrogen-bond acceptors (Lipinski definition) is 6. The summed E-state index contributed by atoms with van der Waals surface area (Å²) in [7, 11) is 0. The molecule has 2 aliphatic rings. The van der Waals surface area contributed by atoms with Crippen LogP contribution in [0.2, 0.25) is 0 Å². The van der Waals surface area contributed by atoms with E-state index >= 15 is 0 Å². The van der Waals surface area contributed by atoms with Gasteiger partial charge in [0, 0.05) is 51.7 Å². The molecule has 6 heteroatoms. The van der Waals surface area contributed by atoms with Crippen molar-refractivity contribution in [1.29, 1.82) is 0 Å². The van der Waals surface area contributed by atoms with Crippen LogP contribution in [0.15, 0.2) is 18.5 Å². The Morgan fingerprint density at radius 2 is 2.00 bits per heavy atom. The number of anilines is 1. The zero-order valence-corrected chi connectivity index (χ0v) is 12.0. The number of nitrogens with two attached hydrogens (primary N) is 1. The average molecular weight is 277 g/mol. The van der Waals surface area contributed by atoms with Crippen LogP contribution in [0.3, 0.4) is 0 Å². The molecular weight excluding hydrogens is 254 g/mol. The third kappa shape index (κ3) is 2.28. The Morgan fingerprint density at radius 1 is 1.30 bits per heavy atom. The molecule has 2 N–H and O–H groups in total. The topological polar surface area (TPSA) is 67.5 Å². The molecule has 2 fully saturated rings. The van der Waals surface area contributed by atoms with E-state index in [2.05, 4.69) is 26.7 Å². The molecule has 0 amide bonds. The first-order valence-corrected chi connectivity index (χ1v) is 7.35. The maximum absolute atomic E-state index is 6.08. The number of rotatable bonds is 3. The Balaban J connectivity index is 1.66. The summed E-state index contributed by atoms with van der Waals surface area (Å²) in [5.74, 6) is 0.824. The van der Waals surface area contributed by atoms with Crippen molar-refractivity contribution in [3.63, 3.8) is 0 Å². The number of ether oxygens (including phenoxy) is 1. The number of aromatic nitrogens is 2. The largest absolute Gasteiger partial charge is 0.376 e. The van der Waals surface area contributed by atoms with Crippen molar-refractivity contribution in [2.45, 2.75) is 25.0 Å². The quantitative estimate of drug-likeness (QED) is 0.845. The first-order chi connectivity index (χ1) is 9.76. The Labute approximate surface area is 119 Å². The van der Waals surface area contributed by atoms with E-state index in [1.807, 2.05) is 6.07 Å². The van der Waals surface area contributed by atoms with Crippen LogP contribution in [0.5, 0.6) is 0 Å². The maximum atomic E-state index is 6.08. The predicted molar refractivity (Wildman–Crippen MR) is 77.6 cm³/mol. The Bertz CT molecular complexity index is 434. The van der Waals surface area contributed by atoms with Crippen molar-refractivity contribution in [1.82, 2.24) is 14.9 Å². The summed E-state index contributed by atoms with van der Waals surface area (Å²) >= 11 is 0. The van der Waals surface area contributed by atoms with Crippen molar-refractivity contribution in [2.24, 2.45) is 5.73 Å². The molecule has 110 valence electrons. The van der Waals surface area contributed by atoms with Gasteiger partial charge in [-0.2, -0.15) is 0 Å². The van der Waals surface area contributed by atoms with Crippen LogP contribution >= 0.6 is 0 Å². The van der Waals surface area contributed by atoms with Crippen molar-refractivity contribution >= 4 is 5.95 Å². The standard InChI is InChI=1S/C14H23N5O/c1-12-14(11-15,3-10-20-12)19-8-6-18(7-9-19)13-16-4-2-5-17-13/h2,4-5,12H,3,6-11,15H2,1H3. The summed E-state index contributed by atoms with van der Waals surface area (Å²) in [6.45, 7) is 7.49. The van der Waals surface area contributed by atoms with Gasteiger partial charge < -0.3 is 15.4 Å². The molecule has 0 bridgehead atoms. The molecule has 2 atom stereocenters. The van der Waals surface area contributed by atoms with Gasteiger partial charge in [0.2, 0.25) is 5.95 Å². The van der Waals surface area contributed by atoms with E-state index in [1.165, 1.54) is 0 Å². The summed E-state index contributed by atoms with van der Waals surface area (Å²) in [5.41, 5.74) is 6.09. The van der Waals surface area contributed by atoms with Crippen molar-refractivity contribution in [2.75, 3.05) is 44.2 Å². The summed E-state index contributed by atoms with van der Waals surface area (Å²) in [4.78, 5) is 13.4. The molecule has 6 nitrogen and oxygen atoms in total. The lowest BCUT2D eigenvalue weighted by Gasteiger charge is -2.46. The summed E-state index contributed by atoms with van der Waals surface area (Å²) in [6, 6.07) is 1.85. The molecule has 20 heavy (non-hydrogen) atoms. The second-order valence-corrected chi connectivity index (χ2v) is 5.59. The van der Waals surface area contributed by atoms with Crippen molar-refractivity contribution < 1.29 is 4.74 Å². The van der Waals surface area contributed by atoms with Crippen LogP contribution in [0, 0.1) is 0 Å². The lowest BCUT2D eigenvalue weighted by Crippen LogP contribution is -2.63. The van der Waals surface area contributed by atoms with E-state index < -0.39 is 0 Å². The number of piperazine rings is 1. The smallest absolute Gasteiger partial charge is 0.225 e. The van der Waals surface area contributed by atoms with Crippen LogP contribution in [0.4, 0.5) is 5.95 Å². The van der Waals surface area contributed by atoms with Gasteiger partial charge in [0.05, 0.1) is 11.6 Å². The van der Waals surface area contributed by atoms with Gasteiger partial charge in [0.25, 0.3) is 0 Å². The van der Waals surface area contributed by atoms with Crippen molar-refractivity contribution in [3.8, 4) is 0 Å². The Hall–Kier alpha value is -1.24. The fourth-order valence-corrected chi connectivity index (χ4v) is 3.39. The molecule has 0 spiro atoms. The monoisotopic (exact) mass is 277 g/mol. The molecule has 0 aromatic carbocycles. The Kier molecular flexibility index (Phi) is 3.87. The van der Waals surface area contributed by atoms with Crippen molar-refractivity contribution in [3.05, 3.63) is 18.5 Å². The molecule has 0 saturated carbocycles. The SMILES string of the molecule is CC1OCCC1(CN)N1CCN(c2ncccn2)CC1. The summed E-state index contributed by atoms with van der Waals surface area (Å²) < 4.78 is 5.76. The zero-order chi connectivity index (χ0) is 14.0. The van der Waals surface area contributed by atoms with E-state index in [-0.39, 0.29) is 11.6 Å². The summed E-state index contributed by atoms with van der Waals surface area (Å²) in [5, 5.41) is 0. The van der Waals surface area contributed by atoms with E-state index in [0.29, 0.717) is 6.54 Å². The van der Waals surface area contributed by atoms with Gasteiger partial charge in [-0.05, 0) is 19.4 Å². The fourth-order valence-electron chi connectivity index (χ4n) is 3.39. The molecule has 3 rings (SSSR count). The van der Waals surface area contributed by atoms with Crippen LogP contribution in [0.1, 0.15) is 13.3 Å². The Morgan fingerprint density at radius 3 is 2.55 bits per heavy atom. The number of hydrogen-bond donors (Lipinski definition) is 1. The van der Waals surface area contributed by atoms with Gasteiger partial charge in [0.15, 0.2) is 0 Å². The molecule has 1 aromatic rings. The highest BCUT2D eigenvalue weighted by Crippen LogP contribution is 2.32. The minimum Gasteiger partial charge on any atom is -0.376 e. The second-order valence-electron chi connectivity index (χ2n) is 5.59. The van der Waals surface area contributed by atoms with Crippen LogP contribution in [0.25, 0.3) is 0 Å². The molecule has 3 heterocycles. The van der Waals surface area contributed by atoms with E-state index in [1.54, 1.807) is 12.4 Å². The molecular formula is C14H23N5O. The maximum Gasteiger partial charge on any atom is 0.225 e. The third-order valence-electron chi connectivity index (χ3n) is 4.76. The van der Waals surface area contributed by atoms with Gasteiger partial charge in [-0.1, -0.05) is 0 Å². The van der Waals surface area contributed by atoms with Gasteiger partial charge >= 0.3 is 0 Å². The van der Waals surface area contributed by atoms with Gasteiger partial charge in [-0.3, -0.25) is 4.90 Å². The molecule has 0 aliphatic carbocycles. The first kappa shape index (κ1) is 13.7. The second kappa shape index (κ2) is 5.63. The van der Waals surface area contributed by atoms with Crippen LogP contribution in [-0.2, 0) is 4.74 Å². The van der Waals surface area contributed by atoms with Gasteiger partial charge in [0.1, 0.15) is 0 Å². The zero-order valence-electron chi connectivity index (χ0n) is 12.0. The van der Waals surface area contributed by atoms with E-state index in [0.717, 1.165) is 45.2 Å². The average Bonchev–Trinajstić information content (AvgIpc) is 2.90. The van der Waals surface area contributed by atoms with Gasteiger partial charge in [-0.15, -0.1) is 0 Å². The lowest BCUT2D eigenvalue weighted by molar-refractivity contribution is 0.0113. The minimum absolute atomic E-state index is 0.0175. The number of nitrogens with zero attached hydrogens (tertiary/aromatic N) is 4. The van der Waals surface area contributed by atoms with E-state index in [4.69, 9.17) is 10.5 Å². The highest BCUT2D eigenvalue weighted by atomic mass is 16.5. The third-order valence-corrected chi connectivity index (χ3v) is 4.76. The normalized spacial score (nSPS) is 31.7. The van der Waals surface area contributed by atoms with Gasteiger partial charge in [-0.25, -0.2) is 9.97 Å². The fraction of sp³-hybridized carbons (Fsp3) is 0.714. The molecule has 2 aliphatic heterocycles. The lowest BCUT2D eigenvalue weighted by atomic mass is 9.89. The molecule has 2 unspecified atom stereocenters. The van der Waals surface area contributed by atoms with Crippen LogP contribution in [-0.4, -0.2) is 65.8 Å². The molecule has 2 saturated heterocycles. The van der Waals surface area contributed by atoms with E-state index in [9.17, 15) is 0 Å². The summed E-state index contributed by atoms with van der Waals surface area (Å²) in [6.07, 6.45) is 4.84.